The second-order valence-electron chi connectivity index (χ2n) is 12.7. The van der Waals surface area contributed by atoms with Crippen molar-refractivity contribution in [3.8, 4) is 50.3 Å². The van der Waals surface area contributed by atoms with E-state index < -0.39 is 0 Å². The van der Waals surface area contributed by atoms with Gasteiger partial charge in [0.2, 0.25) is 0 Å². The van der Waals surface area contributed by atoms with E-state index in [9.17, 15) is 0 Å². The molecule has 10 aromatic rings. The Hall–Kier alpha value is -6.36. The van der Waals surface area contributed by atoms with Crippen LogP contribution in [0.15, 0.2) is 176 Å². The second-order valence-corrected chi connectivity index (χ2v) is 13.7. The third-order valence-corrected chi connectivity index (χ3v) is 10.9. The SMILES string of the molecule is c1cc(-c2ccc(-c3cccc(-c4ncnc5c4sc4ccccc45)c3)cc2)cc(-c2ccc(-n3c4ccccc4c4ccccc43)cc2)c1. The lowest BCUT2D eigenvalue weighted by atomic mass is 9.96. The van der Waals surface area contributed by atoms with E-state index in [1.54, 1.807) is 17.7 Å². The summed E-state index contributed by atoms with van der Waals surface area (Å²) in [5.74, 6) is 0. The summed E-state index contributed by atoms with van der Waals surface area (Å²) in [6.45, 7) is 0. The Morgan fingerprint density at radius 2 is 0.900 bits per heavy atom. The van der Waals surface area contributed by atoms with Gasteiger partial charge in [-0.15, -0.1) is 11.3 Å². The van der Waals surface area contributed by atoms with E-state index >= 15 is 0 Å². The van der Waals surface area contributed by atoms with Crippen molar-refractivity contribution in [3.63, 3.8) is 0 Å². The van der Waals surface area contributed by atoms with E-state index in [0.717, 1.165) is 27.2 Å². The number of benzene rings is 7. The van der Waals surface area contributed by atoms with Gasteiger partial charge >= 0.3 is 0 Å². The predicted octanol–water partition coefficient (Wildman–Crippen LogP) is 12.6. The molecule has 0 radical (unpaired) electrons. The maximum atomic E-state index is 4.73. The van der Waals surface area contributed by atoms with Crippen LogP contribution in [-0.2, 0) is 0 Å². The maximum absolute atomic E-state index is 4.73. The van der Waals surface area contributed by atoms with Crippen LogP contribution in [0.2, 0.25) is 0 Å². The molecule has 4 heteroatoms. The molecule has 0 atom stereocenters. The summed E-state index contributed by atoms with van der Waals surface area (Å²) in [5, 5.41) is 3.74. The number of nitrogens with zero attached hydrogens (tertiary/aromatic N) is 3. The minimum absolute atomic E-state index is 0.981. The quantitative estimate of drug-likeness (QED) is 0.185. The Bertz CT molecular complexity index is 2810. The van der Waals surface area contributed by atoms with Crippen molar-refractivity contribution in [2.75, 3.05) is 0 Å². The fourth-order valence-electron chi connectivity index (χ4n) is 7.31. The first-order valence-corrected chi connectivity index (χ1v) is 17.6. The molecule has 0 spiro atoms. The van der Waals surface area contributed by atoms with Crippen molar-refractivity contribution < 1.29 is 0 Å². The van der Waals surface area contributed by atoms with E-state index in [0.29, 0.717) is 0 Å². The van der Waals surface area contributed by atoms with Crippen LogP contribution in [0.25, 0.3) is 92.4 Å². The Morgan fingerprint density at radius 1 is 0.400 bits per heavy atom. The third kappa shape index (κ3) is 4.73. The molecule has 0 unspecified atom stereocenters. The first-order valence-electron chi connectivity index (χ1n) is 16.8. The number of para-hydroxylation sites is 2. The van der Waals surface area contributed by atoms with E-state index in [4.69, 9.17) is 4.98 Å². The van der Waals surface area contributed by atoms with Crippen LogP contribution in [0.3, 0.4) is 0 Å². The Balaban J connectivity index is 0.942. The van der Waals surface area contributed by atoms with Gasteiger partial charge in [0.25, 0.3) is 0 Å². The summed E-state index contributed by atoms with van der Waals surface area (Å²) in [6.07, 6.45) is 1.69. The van der Waals surface area contributed by atoms with Crippen molar-refractivity contribution in [1.82, 2.24) is 14.5 Å². The molecule has 3 aromatic heterocycles. The lowest BCUT2D eigenvalue weighted by Crippen LogP contribution is -1.93. The molecule has 3 nitrogen and oxygen atoms in total. The van der Waals surface area contributed by atoms with Crippen molar-refractivity contribution >= 4 is 53.4 Å². The zero-order valence-electron chi connectivity index (χ0n) is 27.0. The average Bonchev–Trinajstić information content (AvgIpc) is 3.74. The lowest BCUT2D eigenvalue weighted by Gasteiger charge is -2.11. The molecule has 0 amide bonds. The summed E-state index contributed by atoms with van der Waals surface area (Å²) < 4.78 is 4.72. The summed E-state index contributed by atoms with van der Waals surface area (Å²) in [5.41, 5.74) is 13.8. The minimum atomic E-state index is 0.981. The predicted molar refractivity (Wildman–Crippen MR) is 211 cm³/mol. The Labute approximate surface area is 293 Å². The van der Waals surface area contributed by atoms with Crippen molar-refractivity contribution in [1.29, 1.82) is 0 Å². The summed E-state index contributed by atoms with van der Waals surface area (Å²) in [4.78, 5) is 9.37. The highest BCUT2D eigenvalue weighted by molar-refractivity contribution is 7.26. The molecular weight excluding hydrogens is 627 g/mol. The van der Waals surface area contributed by atoms with E-state index in [-0.39, 0.29) is 0 Å². The van der Waals surface area contributed by atoms with Gasteiger partial charge in [0.05, 0.1) is 26.9 Å². The molecule has 0 bridgehead atoms. The molecule has 0 aliphatic carbocycles. The molecule has 50 heavy (non-hydrogen) atoms. The number of hydrogen-bond acceptors (Lipinski definition) is 3. The molecule has 0 saturated carbocycles. The fourth-order valence-corrected chi connectivity index (χ4v) is 8.48. The molecule has 0 aliphatic rings. The minimum Gasteiger partial charge on any atom is -0.309 e. The van der Waals surface area contributed by atoms with E-state index in [1.165, 1.54) is 65.3 Å². The number of aromatic nitrogens is 3. The molecule has 10 rings (SSSR count). The van der Waals surface area contributed by atoms with Gasteiger partial charge in [-0.3, -0.25) is 0 Å². The highest BCUT2D eigenvalue weighted by Crippen LogP contribution is 2.39. The summed E-state index contributed by atoms with van der Waals surface area (Å²) in [7, 11) is 0. The zero-order chi connectivity index (χ0) is 33.0. The van der Waals surface area contributed by atoms with Crippen LogP contribution in [0.1, 0.15) is 0 Å². The van der Waals surface area contributed by atoms with Gasteiger partial charge in [-0.05, 0) is 75.8 Å². The van der Waals surface area contributed by atoms with Crippen molar-refractivity contribution in [2.24, 2.45) is 0 Å². The number of rotatable bonds is 5. The van der Waals surface area contributed by atoms with Gasteiger partial charge in [-0.25, -0.2) is 9.97 Å². The normalized spacial score (nSPS) is 11.6. The van der Waals surface area contributed by atoms with Crippen LogP contribution >= 0.6 is 11.3 Å². The molecule has 0 N–H and O–H groups in total. The first-order chi connectivity index (χ1) is 24.8. The van der Waals surface area contributed by atoms with Gasteiger partial charge in [-0.2, -0.15) is 0 Å². The summed E-state index contributed by atoms with van der Waals surface area (Å²) in [6, 6.07) is 61.1. The molecule has 234 valence electrons. The highest BCUT2D eigenvalue weighted by atomic mass is 32.1. The Morgan fingerprint density at radius 3 is 1.52 bits per heavy atom. The fraction of sp³-hybridized carbons (Fsp3) is 0. The van der Waals surface area contributed by atoms with Crippen molar-refractivity contribution in [3.05, 3.63) is 176 Å². The number of fused-ring (bicyclic) bond motifs is 6. The second kappa shape index (κ2) is 11.7. The van der Waals surface area contributed by atoms with Gasteiger partial charge in [0.15, 0.2) is 0 Å². The van der Waals surface area contributed by atoms with Crippen LogP contribution < -0.4 is 0 Å². The smallest absolute Gasteiger partial charge is 0.116 e. The van der Waals surface area contributed by atoms with Crippen LogP contribution in [0.4, 0.5) is 0 Å². The first kappa shape index (κ1) is 28.6. The lowest BCUT2D eigenvalue weighted by molar-refractivity contribution is 1.18. The van der Waals surface area contributed by atoms with Gasteiger partial charge < -0.3 is 4.57 Å². The molecular formula is C46H29N3S. The molecule has 0 saturated heterocycles. The Kier molecular flexibility index (Phi) is 6.68. The molecule has 3 heterocycles. The maximum Gasteiger partial charge on any atom is 0.116 e. The number of hydrogen-bond donors (Lipinski definition) is 0. The molecule has 0 aliphatic heterocycles. The van der Waals surface area contributed by atoms with Gasteiger partial charge in [0, 0.05) is 32.1 Å². The molecule has 7 aromatic carbocycles. The van der Waals surface area contributed by atoms with Gasteiger partial charge in [-0.1, -0.05) is 127 Å². The molecule has 0 fully saturated rings. The summed E-state index contributed by atoms with van der Waals surface area (Å²) >= 11 is 1.76. The number of thiophene rings is 1. The standard InChI is InChI=1S/C46H29N3S/c1-4-16-41-38(13-1)39-14-2-5-17-42(39)49(41)37-25-23-32(24-26-37)34-10-7-9-33(27-34)30-19-21-31(22-20-30)35-11-8-12-36(28-35)44-46-45(48-29-47-44)40-15-3-6-18-43(40)50-46/h1-29H. The topological polar surface area (TPSA) is 30.7 Å². The van der Waals surface area contributed by atoms with Crippen LogP contribution in [-0.4, -0.2) is 14.5 Å². The van der Waals surface area contributed by atoms with Crippen LogP contribution in [0.5, 0.6) is 0 Å². The van der Waals surface area contributed by atoms with Gasteiger partial charge in [0.1, 0.15) is 6.33 Å². The van der Waals surface area contributed by atoms with Crippen LogP contribution in [0, 0.1) is 0 Å². The monoisotopic (exact) mass is 655 g/mol. The van der Waals surface area contributed by atoms with E-state index in [2.05, 4.69) is 179 Å². The third-order valence-electron chi connectivity index (χ3n) is 9.75. The largest absolute Gasteiger partial charge is 0.309 e. The zero-order valence-corrected chi connectivity index (χ0v) is 27.8. The highest BCUT2D eigenvalue weighted by Gasteiger charge is 2.14. The van der Waals surface area contributed by atoms with E-state index in [1.807, 2.05) is 0 Å². The average molecular weight is 656 g/mol. The van der Waals surface area contributed by atoms with Crippen molar-refractivity contribution in [2.45, 2.75) is 0 Å².